The van der Waals surface area contributed by atoms with E-state index in [2.05, 4.69) is 41.8 Å². The molecule has 1 atom stereocenters. The summed E-state index contributed by atoms with van der Waals surface area (Å²) >= 11 is -2.95. The van der Waals surface area contributed by atoms with Crippen molar-refractivity contribution in [3.05, 3.63) is 42.9 Å². The number of aliphatic carboxylic acids is 1. The van der Waals surface area contributed by atoms with Gasteiger partial charge in [0.05, 0.1) is 19.3 Å². The van der Waals surface area contributed by atoms with Crippen LogP contribution in [0.15, 0.2) is 42.9 Å². The van der Waals surface area contributed by atoms with E-state index in [0.29, 0.717) is 23.2 Å². The summed E-state index contributed by atoms with van der Waals surface area (Å²) in [6.07, 6.45) is 12.0. The topological polar surface area (TPSA) is 150 Å². The number of carboxylic acids is 1. The van der Waals surface area contributed by atoms with Crippen LogP contribution in [0.2, 0.25) is 13.3 Å². The second kappa shape index (κ2) is 19.1. The number of hydrogen-bond acceptors (Lipinski definition) is 8. The van der Waals surface area contributed by atoms with Gasteiger partial charge in [-0.15, -0.1) is 0 Å². The molecular weight excluding hydrogens is 741 g/mol. The number of aromatic nitrogens is 3. The molecule has 0 radical (unpaired) electrons. The first-order valence-corrected chi connectivity index (χ1v) is 26.1. The van der Waals surface area contributed by atoms with Crippen LogP contribution in [0.1, 0.15) is 73.1 Å². The van der Waals surface area contributed by atoms with Crippen molar-refractivity contribution in [2.45, 2.75) is 98.5 Å². The zero-order chi connectivity index (χ0) is 36.3. The van der Waals surface area contributed by atoms with Crippen LogP contribution in [0.25, 0.3) is 5.65 Å². The Morgan fingerprint density at radius 1 is 0.960 bits per heavy atom. The van der Waals surface area contributed by atoms with Crippen molar-refractivity contribution in [2.24, 2.45) is 11.7 Å². The van der Waals surface area contributed by atoms with Crippen LogP contribution in [0.4, 0.5) is 22.0 Å². The summed E-state index contributed by atoms with van der Waals surface area (Å²) < 4.78 is 12.4. The van der Waals surface area contributed by atoms with Gasteiger partial charge in [-0.05, 0) is 5.92 Å². The molecule has 0 aliphatic carbocycles. The van der Waals surface area contributed by atoms with E-state index in [4.69, 9.17) is 20.6 Å². The molecule has 4 N–H and O–H groups in total. The van der Waals surface area contributed by atoms with Gasteiger partial charge in [-0.2, -0.15) is 0 Å². The van der Waals surface area contributed by atoms with Crippen molar-refractivity contribution in [3.63, 3.8) is 0 Å². The SMILES string of the molecule is CC(C)[C@H](N)C(=O)O.CCC[CH2][Sn]([CH2]CCC)([CH2]CCC)[c]1cn2ccnc2c(N(C(=O)O)c2ccc(N3CCN(C4COC4)CC3)cc2)n1. The van der Waals surface area contributed by atoms with E-state index in [1.807, 2.05) is 34.9 Å². The number of carboxylic acid groups (broad SMARTS) is 2. The molecule has 2 aromatic heterocycles. The number of anilines is 3. The van der Waals surface area contributed by atoms with Crippen LogP contribution in [0, 0.1) is 5.92 Å². The zero-order valence-corrected chi connectivity index (χ0v) is 33.6. The Balaban J connectivity index is 0.000000627. The third-order valence-electron chi connectivity index (χ3n) is 10.3. The van der Waals surface area contributed by atoms with Crippen LogP contribution in [-0.4, -0.2) is 111 Å². The molecule has 0 bridgehead atoms. The summed E-state index contributed by atoms with van der Waals surface area (Å²) in [4.78, 5) is 39.0. The van der Waals surface area contributed by atoms with Crippen molar-refractivity contribution in [1.82, 2.24) is 19.3 Å². The molecule has 276 valence electrons. The molecular formula is C37H59N7O5Sn. The Bertz CT molecular complexity index is 1480. The molecule has 2 aliphatic heterocycles. The molecule has 0 spiro atoms. The van der Waals surface area contributed by atoms with Gasteiger partial charge in [-0.3, -0.25) is 4.79 Å². The van der Waals surface area contributed by atoms with Gasteiger partial charge in [-0.1, -0.05) is 13.8 Å². The third-order valence-corrected chi connectivity index (χ3v) is 25.3. The number of amides is 1. The first kappa shape index (κ1) is 39.8. The molecule has 1 amide bonds. The van der Waals surface area contributed by atoms with Crippen LogP contribution in [-0.2, 0) is 9.53 Å². The van der Waals surface area contributed by atoms with Gasteiger partial charge in [0.15, 0.2) is 0 Å². The molecule has 5 rings (SSSR count). The molecule has 13 heteroatoms. The van der Waals surface area contributed by atoms with Gasteiger partial charge in [0.25, 0.3) is 0 Å². The number of rotatable bonds is 16. The van der Waals surface area contributed by atoms with Crippen molar-refractivity contribution in [2.75, 3.05) is 49.2 Å². The number of nitrogens with zero attached hydrogens (tertiary/aromatic N) is 6. The molecule has 4 heterocycles. The average Bonchev–Trinajstić information content (AvgIpc) is 3.57. The van der Waals surface area contributed by atoms with Crippen molar-refractivity contribution >= 4 is 57.0 Å². The fraction of sp³-hybridized carbons (Fsp3) is 0.622. The number of unbranched alkanes of at least 4 members (excludes halogenated alkanes) is 3. The minimum atomic E-state index is -2.95. The molecule has 2 saturated heterocycles. The minimum absolute atomic E-state index is 0.0208. The molecule has 50 heavy (non-hydrogen) atoms. The Kier molecular flexibility index (Phi) is 15.2. The Morgan fingerprint density at radius 3 is 1.98 bits per heavy atom. The number of fused-ring (bicyclic) bond motifs is 1. The van der Waals surface area contributed by atoms with Crippen LogP contribution >= 0.6 is 0 Å². The number of piperazine rings is 1. The first-order chi connectivity index (χ1) is 24.0. The van der Waals surface area contributed by atoms with Gasteiger partial charge in [0, 0.05) is 0 Å². The summed E-state index contributed by atoms with van der Waals surface area (Å²) in [5.74, 6) is -0.479. The van der Waals surface area contributed by atoms with Crippen LogP contribution < -0.4 is 19.2 Å². The predicted molar refractivity (Wildman–Crippen MR) is 203 cm³/mol. The van der Waals surface area contributed by atoms with Gasteiger partial charge in [0.2, 0.25) is 0 Å². The third kappa shape index (κ3) is 9.89. The second-order valence-electron chi connectivity index (χ2n) is 14.2. The maximum atomic E-state index is 12.9. The van der Waals surface area contributed by atoms with Gasteiger partial charge in [-0.25, -0.2) is 0 Å². The summed E-state index contributed by atoms with van der Waals surface area (Å²) in [6.45, 7) is 16.0. The molecule has 0 unspecified atom stereocenters. The van der Waals surface area contributed by atoms with Gasteiger partial charge < -0.3 is 15.6 Å². The van der Waals surface area contributed by atoms with E-state index >= 15 is 0 Å². The summed E-state index contributed by atoms with van der Waals surface area (Å²) in [5.41, 5.74) is 7.47. The molecule has 1 aromatic carbocycles. The quantitative estimate of drug-likeness (QED) is 0.144. The number of imidazole rings is 1. The molecule has 12 nitrogen and oxygen atoms in total. The van der Waals surface area contributed by atoms with Crippen molar-refractivity contribution in [1.29, 1.82) is 0 Å². The Labute approximate surface area is 301 Å². The Hall–Kier alpha value is -2.94. The normalized spacial score (nSPS) is 16.2. The van der Waals surface area contributed by atoms with Crippen LogP contribution in [0.5, 0.6) is 0 Å². The van der Waals surface area contributed by atoms with E-state index in [1.54, 1.807) is 20.0 Å². The number of ether oxygens (including phenoxy) is 1. The van der Waals surface area contributed by atoms with E-state index in [-0.39, 0.29) is 5.92 Å². The first-order valence-electron chi connectivity index (χ1n) is 18.6. The maximum absolute atomic E-state index is 12.9. The molecule has 3 aromatic rings. The fourth-order valence-electron chi connectivity index (χ4n) is 6.83. The number of hydrogen-bond donors (Lipinski definition) is 3. The van der Waals surface area contributed by atoms with Gasteiger partial charge in [0.1, 0.15) is 6.04 Å². The standard InChI is InChI=1S/C20H21N6O3.C5H11NO2.3C4H9.Sn/c27-20(28)26(19-18-21-5-7-25(18)8-6-22-19)16-3-1-15(2-4-16)23-9-11-24(12-10-23)17-13-29-14-17;1-3(2)4(6)5(7)8;3*1-3-4-2;/h1-5,7-8,17H,9-14H2,(H,27,28);3-4H,6H2,1-2H3,(H,7,8);3*1,3-4H2,2H3;/t;4-;;;;/m.0..../s1. The number of benzene rings is 1. The van der Waals surface area contributed by atoms with E-state index in [0.717, 1.165) is 45.1 Å². The van der Waals surface area contributed by atoms with E-state index < -0.39 is 36.5 Å². The monoisotopic (exact) mass is 801 g/mol. The molecule has 2 fully saturated rings. The second-order valence-corrected chi connectivity index (χ2v) is 27.2. The average molecular weight is 801 g/mol. The summed E-state index contributed by atoms with van der Waals surface area (Å²) in [5, 5.41) is 18.8. The van der Waals surface area contributed by atoms with Gasteiger partial charge >= 0.3 is 238 Å². The fourth-order valence-corrected chi connectivity index (χ4v) is 22.1. The summed E-state index contributed by atoms with van der Waals surface area (Å²) in [6, 6.07) is 7.79. The van der Waals surface area contributed by atoms with E-state index in [1.165, 1.54) is 60.4 Å². The summed E-state index contributed by atoms with van der Waals surface area (Å²) in [7, 11) is 0. The number of nitrogens with two attached hydrogens (primary N) is 1. The van der Waals surface area contributed by atoms with E-state index in [9.17, 15) is 14.7 Å². The zero-order valence-electron chi connectivity index (χ0n) is 30.8. The molecule has 0 saturated carbocycles. The van der Waals surface area contributed by atoms with Crippen LogP contribution in [0.3, 0.4) is 0 Å². The van der Waals surface area contributed by atoms with Crippen molar-refractivity contribution < 1.29 is 24.5 Å². The number of carbonyl (C=O) groups is 2. The van der Waals surface area contributed by atoms with Crippen molar-refractivity contribution in [3.8, 4) is 0 Å². The predicted octanol–water partition coefficient (Wildman–Crippen LogP) is 6.18. The molecule has 2 aliphatic rings. The Morgan fingerprint density at radius 2 is 1.54 bits per heavy atom.